The number of thioether (sulfide) groups is 1. The highest BCUT2D eigenvalue weighted by Gasteiger charge is 2.18. The van der Waals surface area contributed by atoms with Gasteiger partial charge in [0.2, 0.25) is 0 Å². The molecule has 0 spiro atoms. The first-order chi connectivity index (χ1) is 13.0. The van der Waals surface area contributed by atoms with Crippen molar-refractivity contribution in [1.82, 2.24) is 15.1 Å². The summed E-state index contributed by atoms with van der Waals surface area (Å²) in [6.45, 7) is 5.18. The summed E-state index contributed by atoms with van der Waals surface area (Å²) >= 11 is 7.06. The van der Waals surface area contributed by atoms with Crippen LogP contribution in [0.2, 0.25) is 0 Å². The maximum atomic E-state index is 12.6. The van der Waals surface area contributed by atoms with Gasteiger partial charge in [-0.3, -0.25) is 9.48 Å². The smallest absolute Gasteiger partial charge is 0.255 e. The average Bonchev–Trinajstić information content (AvgIpc) is 3.18. The lowest BCUT2D eigenvalue weighted by Gasteiger charge is -2.07. The Balaban J connectivity index is 1.52. The molecule has 2 heterocycles. The Kier molecular flexibility index (Phi) is 7.15. The van der Waals surface area contributed by atoms with E-state index in [1.54, 1.807) is 11.3 Å². The molecule has 3 rings (SSSR count). The van der Waals surface area contributed by atoms with Crippen LogP contribution >= 0.6 is 39.0 Å². The van der Waals surface area contributed by atoms with E-state index in [1.807, 2.05) is 48.5 Å². The minimum absolute atomic E-state index is 0.0382. The number of hydrogen-bond donors (Lipinski definition) is 1. The van der Waals surface area contributed by atoms with Gasteiger partial charge in [0, 0.05) is 28.6 Å². The summed E-state index contributed by atoms with van der Waals surface area (Å²) in [7, 11) is 0. The molecule has 0 saturated carbocycles. The number of carbonyl (C=O) groups excluding carboxylic acids is 1. The predicted molar refractivity (Wildman–Crippen MR) is 118 cm³/mol. The van der Waals surface area contributed by atoms with Gasteiger partial charge >= 0.3 is 0 Å². The SMILES string of the molecule is Cc1nn(Cc2ccccc2)c(C)c1C(=O)NCCSCc1ccc(Br)s1. The van der Waals surface area contributed by atoms with E-state index in [4.69, 9.17) is 0 Å². The summed E-state index contributed by atoms with van der Waals surface area (Å²) in [4.78, 5) is 14.0. The Labute approximate surface area is 176 Å². The van der Waals surface area contributed by atoms with Gasteiger partial charge in [-0.25, -0.2) is 0 Å². The molecular formula is C20H22BrN3OS2. The second-order valence-corrected chi connectivity index (χ2v) is 9.86. The zero-order valence-corrected chi connectivity index (χ0v) is 18.6. The van der Waals surface area contributed by atoms with Gasteiger partial charge in [0.1, 0.15) is 0 Å². The van der Waals surface area contributed by atoms with Gasteiger partial charge < -0.3 is 5.32 Å². The molecule has 1 aromatic carbocycles. The van der Waals surface area contributed by atoms with Crippen LogP contribution in [0.15, 0.2) is 46.3 Å². The fourth-order valence-electron chi connectivity index (χ4n) is 2.86. The first-order valence-corrected chi connectivity index (χ1v) is 11.5. The highest BCUT2D eigenvalue weighted by molar-refractivity contribution is 9.11. The summed E-state index contributed by atoms with van der Waals surface area (Å²) in [6, 6.07) is 14.4. The van der Waals surface area contributed by atoms with Crippen LogP contribution in [-0.2, 0) is 12.3 Å². The summed E-state index contributed by atoms with van der Waals surface area (Å²) in [5.41, 5.74) is 3.55. The molecule has 0 aliphatic carbocycles. The summed E-state index contributed by atoms with van der Waals surface area (Å²) in [5.74, 6) is 1.82. The fourth-order valence-corrected chi connectivity index (χ4v) is 5.32. The van der Waals surface area contributed by atoms with Crippen LogP contribution in [0.25, 0.3) is 0 Å². The zero-order valence-electron chi connectivity index (χ0n) is 15.4. The van der Waals surface area contributed by atoms with Gasteiger partial charge in [0.25, 0.3) is 5.91 Å². The van der Waals surface area contributed by atoms with E-state index in [2.05, 4.69) is 50.6 Å². The molecular weight excluding hydrogens is 442 g/mol. The van der Waals surface area contributed by atoms with Gasteiger partial charge in [-0.05, 0) is 47.5 Å². The number of benzene rings is 1. The average molecular weight is 464 g/mol. The molecule has 2 aromatic heterocycles. The first-order valence-electron chi connectivity index (χ1n) is 8.72. The zero-order chi connectivity index (χ0) is 19.2. The Morgan fingerprint density at radius 1 is 1.22 bits per heavy atom. The Bertz CT molecular complexity index is 905. The Morgan fingerprint density at radius 2 is 2.00 bits per heavy atom. The highest BCUT2D eigenvalue weighted by atomic mass is 79.9. The number of thiophene rings is 1. The van der Waals surface area contributed by atoms with Gasteiger partial charge in [0.05, 0.1) is 21.6 Å². The van der Waals surface area contributed by atoms with E-state index in [1.165, 1.54) is 10.4 Å². The topological polar surface area (TPSA) is 46.9 Å². The number of halogens is 1. The standard InChI is InChI=1S/C20H22BrN3OS2/c1-14-19(15(2)24(23-14)12-16-6-4-3-5-7-16)20(25)22-10-11-26-13-17-8-9-18(21)27-17/h3-9H,10-13H2,1-2H3,(H,22,25). The van der Waals surface area contributed by atoms with Crippen LogP contribution in [0, 0.1) is 13.8 Å². The van der Waals surface area contributed by atoms with E-state index >= 15 is 0 Å². The van der Waals surface area contributed by atoms with Crippen molar-refractivity contribution in [2.45, 2.75) is 26.1 Å². The quantitative estimate of drug-likeness (QED) is 0.476. The van der Waals surface area contributed by atoms with Crippen LogP contribution in [0.3, 0.4) is 0 Å². The van der Waals surface area contributed by atoms with Crippen molar-refractivity contribution in [3.63, 3.8) is 0 Å². The number of nitrogens with one attached hydrogen (secondary N) is 1. The van der Waals surface area contributed by atoms with Crippen LogP contribution in [0.5, 0.6) is 0 Å². The van der Waals surface area contributed by atoms with Crippen molar-refractivity contribution in [2.24, 2.45) is 0 Å². The molecule has 0 atom stereocenters. The molecule has 142 valence electrons. The summed E-state index contributed by atoms with van der Waals surface area (Å²) in [5, 5.41) is 7.59. The summed E-state index contributed by atoms with van der Waals surface area (Å²) in [6.07, 6.45) is 0. The van der Waals surface area contributed by atoms with Crippen molar-refractivity contribution < 1.29 is 4.79 Å². The Morgan fingerprint density at radius 3 is 2.70 bits per heavy atom. The largest absolute Gasteiger partial charge is 0.351 e. The second kappa shape index (κ2) is 9.57. The van der Waals surface area contributed by atoms with Gasteiger partial charge in [-0.1, -0.05) is 30.3 Å². The molecule has 7 heteroatoms. The lowest BCUT2D eigenvalue weighted by Crippen LogP contribution is -2.26. The van der Waals surface area contributed by atoms with E-state index in [0.29, 0.717) is 18.7 Å². The predicted octanol–water partition coefficient (Wildman–Crippen LogP) is 5.04. The molecule has 1 amide bonds. The van der Waals surface area contributed by atoms with Crippen molar-refractivity contribution >= 4 is 44.9 Å². The molecule has 0 aliphatic rings. The van der Waals surface area contributed by atoms with E-state index < -0.39 is 0 Å². The van der Waals surface area contributed by atoms with Crippen molar-refractivity contribution in [1.29, 1.82) is 0 Å². The molecule has 0 fully saturated rings. The molecule has 4 nitrogen and oxygen atoms in total. The van der Waals surface area contributed by atoms with E-state index in [-0.39, 0.29) is 5.91 Å². The number of hydrogen-bond acceptors (Lipinski definition) is 4. The summed E-state index contributed by atoms with van der Waals surface area (Å²) < 4.78 is 3.06. The van der Waals surface area contributed by atoms with Gasteiger partial charge in [-0.2, -0.15) is 16.9 Å². The molecule has 0 saturated heterocycles. The third-order valence-corrected chi connectivity index (χ3v) is 7.00. The monoisotopic (exact) mass is 463 g/mol. The van der Waals surface area contributed by atoms with Gasteiger partial charge in [-0.15, -0.1) is 11.3 Å². The number of nitrogens with zero attached hydrogens (tertiary/aromatic N) is 2. The van der Waals surface area contributed by atoms with Crippen LogP contribution in [0.4, 0.5) is 0 Å². The minimum Gasteiger partial charge on any atom is -0.351 e. The van der Waals surface area contributed by atoms with Crippen LogP contribution in [-0.4, -0.2) is 28.0 Å². The number of aryl methyl sites for hydroxylation is 1. The molecule has 1 N–H and O–H groups in total. The maximum absolute atomic E-state index is 12.6. The van der Waals surface area contributed by atoms with Crippen LogP contribution < -0.4 is 5.32 Å². The van der Waals surface area contributed by atoms with E-state index in [9.17, 15) is 4.79 Å². The molecule has 0 radical (unpaired) electrons. The number of carbonyl (C=O) groups is 1. The van der Waals surface area contributed by atoms with Crippen molar-refractivity contribution in [3.8, 4) is 0 Å². The number of rotatable bonds is 8. The van der Waals surface area contributed by atoms with Crippen molar-refractivity contribution in [3.05, 3.63) is 73.6 Å². The fraction of sp³-hybridized carbons (Fsp3) is 0.300. The maximum Gasteiger partial charge on any atom is 0.255 e. The molecule has 0 bridgehead atoms. The van der Waals surface area contributed by atoms with E-state index in [0.717, 1.165) is 26.7 Å². The second-order valence-electron chi connectivity index (χ2n) is 6.20. The molecule has 0 unspecified atom stereocenters. The molecule has 3 aromatic rings. The normalized spacial score (nSPS) is 10.9. The Hall–Kier alpha value is -1.57. The van der Waals surface area contributed by atoms with Gasteiger partial charge in [0.15, 0.2) is 0 Å². The third kappa shape index (κ3) is 5.46. The first kappa shape index (κ1) is 20.2. The minimum atomic E-state index is -0.0382. The number of amides is 1. The molecule has 0 aliphatic heterocycles. The molecule has 27 heavy (non-hydrogen) atoms. The van der Waals surface area contributed by atoms with Crippen LogP contribution in [0.1, 0.15) is 32.2 Å². The van der Waals surface area contributed by atoms with Crippen molar-refractivity contribution in [2.75, 3.05) is 12.3 Å². The number of aromatic nitrogens is 2. The lowest BCUT2D eigenvalue weighted by molar-refractivity contribution is 0.0955. The highest BCUT2D eigenvalue weighted by Crippen LogP contribution is 2.25. The third-order valence-electron chi connectivity index (χ3n) is 4.19. The lowest BCUT2D eigenvalue weighted by atomic mass is 10.2.